The molecular weight excluding hydrogens is 336 g/mol. The first kappa shape index (κ1) is 15.8. The molecule has 0 atom stereocenters. The summed E-state index contributed by atoms with van der Waals surface area (Å²) in [6, 6.07) is 11.5. The molecule has 4 rings (SSSR count). The molecule has 0 N–H and O–H groups in total. The highest BCUT2D eigenvalue weighted by Crippen LogP contribution is 2.41. The Bertz CT molecular complexity index is 945. The summed E-state index contributed by atoms with van der Waals surface area (Å²) in [7, 11) is 3.17. The van der Waals surface area contributed by atoms with Gasteiger partial charge in [-0.15, -0.1) is 11.8 Å². The van der Waals surface area contributed by atoms with Crippen molar-refractivity contribution in [3.05, 3.63) is 65.6 Å². The zero-order valence-electron chi connectivity index (χ0n) is 13.9. The van der Waals surface area contributed by atoms with Crippen molar-refractivity contribution in [1.29, 1.82) is 0 Å². The molecule has 0 unspecified atom stereocenters. The number of ketones is 1. The fraction of sp³-hybridized carbons (Fsp3) is 0.150. The highest BCUT2D eigenvalue weighted by molar-refractivity contribution is 7.98. The average molecular weight is 352 g/mol. The fourth-order valence-corrected chi connectivity index (χ4v) is 4.04. The number of methoxy groups -OCH3 is 2. The van der Waals surface area contributed by atoms with Crippen molar-refractivity contribution >= 4 is 17.5 Å². The molecule has 0 fully saturated rings. The van der Waals surface area contributed by atoms with Gasteiger partial charge in [-0.1, -0.05) is 12.1 Å². The minimum absolute atomic E-state index is 0.00120. The van der Waals surface area contributed by atoms with Gasteiger partial charge < -0.3 is 13.9 Å². The first-order chi connectivity index (χ1) is 12.2. The van der Waals surface area contributed by atoms with Crippen LogP contribution < -0.4 is 9.47 Å². The molecule has 3 aromatic rings. The Labute approximate surface area is 149 Å². The lowest BCUT2D eigenvalue weighted by Crippen LogP contribution is -2.05. The zero-order valence-corrected chi connectivity index (χ0v) is 14.7. The van der Waals surface area contributed by atoms with Gasteiger partial charge in [0.2, 0.25) is 0 Å². The van der Waals surface area contributed by atoms with Gasteiger partial charge in [0.1, 0.15) is 0 Å². The quantitative estimate of drug-likeness (QED) is 0.677. The van der Waals surface area contributed by atoms with E-state index in [0.29, 0.717) is 17.1 Å². The molecule has 1 aromatic heterocycles. The van der Waals surface area contributed by atoms with E-state index in [1.165, 1.54) is 0 Å². The van der Waals surface area contributed by atoms with Gasteiger partial charge in [0.25, 0.3) is 0 Å². The summed E-state index contributed by atoms with van der Waals surface area (Å²) in [4.78, 5) is 14.1. The predicted molar refractivity (Wildman–Crippen MR) is 96.7 cm³/mol. The molecule has 0 saturated carbocycles. The molecule has 0 radical (unpaired) electrons. The number of hydrogen-bond donors (Lipinski definition) is 0. The summed E-state index contributed by atoms with van der Waals surface area (Å²) >= 11 is 1.63. The molecule has 0 aliphatic carbocycles. The Hall–Kier alpha value is -2.66. The Balaban J connectivity index is 1.85. The highest BCUT2D eigenvalue weighted by Gasteiger charge is 2.24. The maximum atomic E-state index is 13.2. The average Bonchev–Trinajstić information content (AvgIpc) is 3.15. The molecule has 1 aliphatic rings. The number of fused-ring (bicyclic) bond motifs is 2. The SMILES string of the molecule is COc1cc2c(cc1OC)C(=O)c1cc(-c3ccoc3)ccc1CS2. The van der Waals surface area contributed by atoms with Gasteiger partial charge in [0.05, 0.1) is 26.7 Å². The van der Waals surface area contributed by atoms with Crippen molar-refractivity contribution in [3.8, 4) is 22.6 Å². The number of hydrogen-bond acceptors (Lipinski definition) is 5. The molecule has 0 saturated heterocycles. The van der Waals surface area contributed by atoms with Gasteiger partial charge in [-0.25, -0.2) is 0 Å². The lowest BCUT2D eigenvalue weighted by Gasteiger charge is -2.12. The molecule has 2 heterocycles. The summed E-state index contributed by atoms with van der Waals surface area (Å²) < 4.78 is 15.9. The number of ether oxygens (including phenoxy) is 2. The third-order valence-corrected chi connectivity index (χ3v) is 5.43. The second kappa shape index (κ2) is 6.33. The summed E-state index contributed by atoms with van der Waals surface area (Å²) in [5.74, 6) is 1.92. The van der Waals surface area contributed by atoms with E-state index in [-0.39, 0.29) is 5.78 Å². The molecular formula is C20H16O4S. The maximum absolute atomic E-state index is 13.2. The van der Waals surface area contributed by atoms with Crippen LogP contribution in [0.25, 0.3) is 11.1 Å². The molecule has 2 aromatic carbocycles. The van der Waals surface area contributed by atoms with E-state index in [0.717, 1.165) is 32.9 Å². The van der Waals surface area contributed by atoms with E-state index in [9.17, 15) is 4.79 Å². The predicted octanol–water partition coefficient (Wildman–Crippen LogP) is 4.80. The topological polar surface area (TPSA) is 48.7 Å². The van der Waals surface area contributed by atoms with E-state index >= 15 is 0 Å². The van der Waals surface area contributed by atoms with Crippen molar-refractivity contribution in [2.24, 2.45) is 0 Å². The largest absolute Gasteiger partial charge is 0.493 e. The Morgan fingerprint density at radius 2 is 1.76 bits per heavy atom. The van der Waals surface area contributed by atoms with Crippen LogP contribution in [0.2, 0.25) is 0 Å². The zero-order chi connectivity index (χ0) is 17.4. The van der Waals surface area contributed by atoms with Gasteiger partial charge in [-0.2, -0.15) is 0 Å². The molecule has 126 valence electrons. The molecule has 5 heteroatoms. The van der Waals surface area contributed by atoms with Crippen LogP contribution in [0.15, 0.2) is 58.2 Å². The maximum Gasteiger partial charge on any atom is 0.194 e. The Morgan fingerprint density at radius 3 is 2.48 bits per heavy atom. The Morgan fingerprint density at radius 1 is 0.960 bits per heavy atom. The number of carbonyl (C=O) groups excluding carboxylic acids is 1. The minimum Gasteiger partial charge on any atom is -0.493 e. The van der Waals surface area contributed by atoms with Gasteiger partial charge in [-0.3, -0.25) is 4.79 Å². The summed E-state index contributed by atoms with van der Waals surface area (Å²) in [5, 5.41) is 0. The number of benzene rings is 2. The third kappa shape index (κ3) is 2.70. The number of rotatable bonds is 3. The van der Waals surface area contributed by atoms with E-state index in [1.54, 1.807) is 44.6 Å². The summed E-state index contributed by atoms with van der Waals surface area (Å²) in [5.41, 5.74) is 4.31. The van der Waals surface area contributed by atoms with E-state index in [1.807, 2.05) is 30.3 Å². The van der Waals surface area contributed by atoms with Gasteiger partial charge in [-0.05, 0) is 35.4 Å². The van der Waals surface area contributed by atoms with Crippen LogP contribution in [-0.2, 0) is 5.75 Å². The van der Waals surface area contributed by atoms with Crippen LogP contribution in [0.3, 0.4) is 0 Å². The normalized spacial score (nSPS) is 13.0. The standard InChI is InChI=1S/C20H16O4S/c1-22-17-8-16-19(9-18(17)23-2)25-11-14-4-3-12(7-15(14)20(16)21)13-5-6-24-10-13/h3-10H,11H2,1-2H3. The van der Waals surface area contributed by atoms with Crippen LogP contribution in [0.1, 0.15) is 21.5 Å². The van der Waals surface area contributed by atoms with Gasteiger partial charge in [0.15, 0.2) is 17.3 Å². The number of carbonyl (C=O) groups is 1. The number of thioether (sulfide) groups is 1. The highest BCUT2D eigenvalue weighted by atomic mass is 32.2. The summed E-state index contributed by atoms with van der Waals surface area (Å²) in [6.45, 7) is 0. The van der Waals surface area contributed by atoms with Crippen LogP contribution in [0.5, 0.6) is 11.5 Å². The third-order valence-electron chi connectivity index (χ3n) is 4.32. The van der Waals surface area contributed by atoms with Crippen LogP contribution in [0, 0.1) is 0 Å². The van der Waals surface area contributed by atoms with Crippen molar-refractivity contribution in [2.75, 3.05) is 14.2 Å². The molecule has 0 amide bonds. The van der Waals surface area contributed by atoms with Crippen LogP contribution in [0.4, 0.5) is 0 Å². The molecule has 4 nitrogen and oxygen atoms in total. The van der Waals surface area contributed by atoms with Crippen molar-refractivity contribution in [1.82, 2.24) is 0 Å². The second-order valence-corrected chi connectivity index (χ2v) is 6.72. The van der Waals surface area contributed by atoms with Crippen molar-refractivity contribution in [3.63, 3.8) is 0 Å². The Kier molecular flexibility index (Phi) is 4.01. The van der Waals surface area contributed by atoms with Crippen molar-refractivity contribution in [2.45, 2.75) is 10.6 Å². The molecule has 0 spiro atoms. The first-order valence-corrected chi connectivity index (χ1v) is 8.79. The molecule has 25 heavy (non-hydrogen) atoms. The summed E-state index contributed by atoms with van der Waals surface area (Å²) in [6.07, 6.45) is 3.31. The van der Waals surface area contributed by atoms with Gasteiger partial charge in [0, 0.05) is 27.3 Å². The van der Waals surface area contributed by atoms with Gasteiger partial charge >= 0.3 is 0 Å². The first-order valence-electron chi connectivity index (χ1n) is 7.80. The van der Waals surface area contributed by atoms with Crippen LogP contribution in [-0.4, -0.2) is 20.0 Å². The van der Waals surface area contributed by atoms with Crippen LogP contribution >= 0.6 is 11.8 Å². The van der Waals surface area contributed by atoms with E-state index in [4.69, 9.17) is 13.9 Å². The smallest absolute Gasteiger partial charge is 0.194 e. The lowest BCUT2D eigenvalue weighted by atomic mass is 9.95. The minimum atomic E-state index is 0.00120. The second-order valence-electron chi connectivity index (χ2n) is 5.71. The number of furan rings is 1. The molecule has 1 aliphatic heterocycles. The lowest BCUT2D eigenvalue weighted by molar-refractivity contribution is 0.103. The monoisotopic (exact) mass is 352 g/mol. The fourth-order valence-electron chi connectivity index (χ4n) is 2.98. The van der Waals surface area contributed by atoms with E-state index in [2.05, 4.69) is 0 Å². The van der Waals surface area contributed by atoms with E-state index < -0.39 is 0 Å². The molecule has 0 bridgehead atoms. The van der Waals surface area contributed by atoms with Crippen molar-refractivity contribution < 1.29 is 18.7 Å².